The average Bonchev–Trinajstić information content (AvgIpc) is 2.81. The van der Waals surface area contributed by atoms with Crippen molar-refractivity contribution in [2.75, 3.05) is 0 Å². The molecule has 0 fully saturated rings. The lowest BCUT2D eigenvalue weighted by molar-refractivity contribution is 0.0624. The molecular formula is C9H3Br2NO5S. The van der Waals surface area contributed by atoms with E-state index in [9.17, 15) is 9.59 Å². The molecular weight excluding hydrogens is 394 g/mol. The van der Waals surface area contributed by atoms with Crippen LogP contribution in [0.5, 0.6) is 0 Å². The molecule has 94 valence electrons. The lowest BCUT2D eigenvalue weighted by Crippen LogP contribution is -2.05. The molecule has 0 aliphatic heterocycles. The average molecular weight is 397 g/mol. The third-order valence-corrected chi connectivity index (χ3v) is 4.25. The van der Waals surface area contributed by atoms with Crippen LogP contribution in [-0.2, 0) is 0 Å². The monoisotopic (exact) mass is 395 g/mol. The molecule has 2 aromatic heterocycles. The summed E-state index contributed by atoms with van der Waals surface area (Å²) < 4.78 is 6.41. The largest absolute Gasteiger partial charge is 0.476 e. The molecule has 6 nitrogen and oxygen atoms in total. The summed E-state index contributed by atoms with van der Waals surface area (Å²) in [5, 5.41) is 17.7. The van der Waals surface area contributed by atoms with E-state index in [1.165, 1.54) is 11.3 Å². The van der Waals surface area contributed by atoms with Crippen LogP contribution in [0.25, 0.3) is 11.5 Å². The summed E-state index contributed by atoms with van der Waals surface area (Å²) in [6.07, 6.45) is 0. The van der Waals surface area contributed by atoms with Crippen LogP contribution in [0.1, 0.15) is 21.0 Å². The van der Waals surface area contributed by atoms with Gasteiger partial charge in [-0.1, -0.05) is 0 Å². The van der Waals surface area contributed by atoms with Gasteiger partial charge in [-0.3, -0.25) is 0 Å². The number of carboxylic acid groups (broad SMARTS) is 2. The van der Waals surface area contributed by atoms with Crippen molar-refractivity contribution in [2.24, 2.45) is 0 Å². The lowest BCUT2D eigenvalue weighted by Gasteiger charge is -1.89. The number of hydrogen-bond acceptors (Lipinski definition) is 5. The Morgan fingerprint density at radius 2 is 1.94 bits per heavy atom. The first kappa shape index (κ1) is 13.2. The zero-order valence-electron chi connectivity index (χ0n) is 8.31. The van der Waals surface area contributed by atoms with Crippen LogP contribution in [0.3, 0.4) is 0 Å². The smallest absolute Gasteiger partial charge is 0.374 e. The fourth-order valence-electron chi connectivity index (χ4n) is 1.21. The lowest BCUT2D eigenvalue weighted by atomic mass is 10.3. The maximum absolute atomic E-state index is 10.9. The Balaban J connectivity index is 2.60. The highest BCUT2D eigenvalue weighted by Crippen LogP contribution is 2.38. The Morgan fingerprint density at radius 1 is 1.28 bits per heavy atom. The number of oxazole rings is 1. The van der Waals surface area contributed by atoms with Gasteiger partial charge in [0.15, 0.2) is 0 Å². The van der Waals surface area contributed by atoms with Gasteiger partial charge < -0.3 is 14.6 Å². The van der Waals surface area contributed by atoms with Gasteiger partial charge in [-0.25, -0.2) is 14.6 Å². The Labute approximate surface area is 121 Å². The van der Waals surface area contributed by atoms with Crippen molar-refractivity contribution < 1.29 is 24.2 Å². The van der Waals surface area contributed by atoms with Gasteiger partial charge in [0, 0.05) is 0 Å². The molecule has 0 amide bonds. The van der Waals surface area contributed by atoms with E-state index in [2.05, 4.69) is 36.8 Å². The summed E-state index contributed by atoms with van der Waals surface area (Å²) in [6.45, 7) is 0. The van der Waals surface area contributed by atoms with E-state index in [1.54, 1.807) is 6.07 Å². The number of aromatic carboxylic acids is 2. The summed E-state index contributed by atoms with van der Waals surface area (Å²) in [6, 6.07) is 1.65. The number of thiophene rings is 1. The fourth-order valence-corrected chi connectivity index (χ4v) is 3.99. The van der Waals surface area contributed by atoms with Crippen molar-refractivity contribution >= 4 is 55.1 Å². The van der Waals surface area contributed by atoms with Gasteiger partial charge in [0.25, 0.3) is 0 Å². The summed E-state index contributed by atoms with van der Waals surface area (Å²) >= 11 is 7.84. The number of hydrogen-bond donors (Lipinski definition) is 2. The van der Waals surface area contributed by atoms with Crippen LogP contribution in [0.2, 0.25) is 0 Å². The van der Waals surface area contributed by atoms with Gasteiger partial charge in [0.05, 0.1) is 13.1 Å². The molecule has 2 aromatic rings. The molecule has 0 unspecified atom stereocenters. The maximum atomic E-state index is 10.9. The Kier molecular flexibility index (Phi) is 3.55. The topological polar surface area (TPSA) is 101 Å². The molecule has 0 aliphatic rings. The molecule has 18 heavy (non-hydrogen) atoms. The number of rotatable bonds is 3. The number of carbonyl (C=O) groups is 2. The quantitative estimate of drug-likeness (QED) is 0.825. The Morgan fingerprint density at radius 3 is 2.33 bits per heavy atom. The second kappa shape index (κ2) is 4.82. The molecule has 0 saturated carbocycles. The minimum absolute atomic E-state index is 0.0568. The second-order valence-corrected chi connectivity index (χ2v) is 6.79. The van der Waals surface area contributed by atoms with Gasteiger partial charge in [-0.05, 0) is 37.9 Å². The van der Waals surface area contributed by atoms with E-state index >= 15 is 0 Å². The molecule has 0 bridgehead atoms. The first-order valence-corrected chi connectivity index (χ1v) is 6.73. The Bertz CT molecular complexity index is 616. The summed E-state index contributed by atoms with van der Waals surface area (Å²) in [5.74, 6) is -3.67. The zero-order valence-corrected chi connectivity index (χ0v) is 12.3. The molecule has 0 radical (unpaired) electrons. The minimum Gasteiger partial charge on any atom is -0.476 e. The van der Waals surface area contributed by atoms with Crippen LogP contribution in [0.15, 0.2) is 18.1 Å². The molecule has 2 N–H and O–H groups in total. The summed E-state index contributed by atoms with van der Waals surface area (Å²) in [4.78, 5) is 25.4. The van der Waals surface area contributed by atoms with Crippen molar-refractivity contribution in [1.29, 1.82) is 0 Å². The fraction of sp³-hybridized carbons (Fsp3) is 0. The van der Waals surface area contributed by atoms with Gasteiger partial charge in [-0.15, -0.1) is 11.3 Å². The molecule has 2 rings (SSSR count). The van der Waals surface area contributed by atoms with Crippen LogP contribution >= 0.6 is 43.2 Å². The number of aromatic nitrogens is 1. The van der Waals surface area contributed by atoms with Crippen LogP contribution in [0, 0.1) is 0 Å². The first-order chi connectivity index (χ1) is 8.40. The van der Waals surface area contributed by atoms with Crippen molar-refractivity contribution in [3.8, 4) is 11.5 Å². The molecule has 0 saturated heterocycles. The first-order valence-electron chi connectivity index (χ1n) is 4.32. The van der Waals surface area contributed by atoms with E-state index in [4.69, 9.17) is 14.6 Å². The number of halogens is 2. The molecule has 0 atom stereocenters. The Hall–Kier alpha value is -1.19. The highest BCUT2D eigenvalue weighted by molar-refractivity contribution is 9.12. The van der Waals surface area contributed by atoms with Gasteiger partial charge >= 0.3 is 11.9 Å². The predicted molar refractivity (Wildman–Crippen MR) is 69.1 cm³/mol. The second-order valence-electron chi connectivity index (χ2n) is 3.04. The van der Waals surface area contributed by atoms with E-state index in [0.29, 0.717) is 9.35 Å². The molecule has 2 heterocycles. The molecule has 0 aromatic carbocycles. The predicted octanol–water partition coefficient (Wildman–Crippen LogP) is 3.32. The minimum atomic E-state index is -1.48. The third kappa shape index (κ3) is 2.33. The van der Waals surface area contributed by atoms with Crippen LogP contribution in [-0.4, -0.2) is 27.1 Å². The van der Waals surface area contributed by atoms with Gasteiger partial charge in [0.2, 0.25) is 17.3 Å². The third-order valence-electron chi connectivity index (χ3n) is 1.91. The normalized spacial score (nSPS) is 10.6. The van der Waals surface area contributed by atoms with E-state index < -0.39 is 23.4 Å². The highest BCUT2D eigenvalue weighted by Gasteiger charge is 2.26. The zero-order chi connectivity index (χ0) is 13.4. The highest BCUT2D eigenvalue weighted by atomic mass is 79.9. The van der Waals surface area contributed by atoms with Crippen molar-refractivity contribution in [1.82, 2.24) is 4.98 Å². The van der Waals surface area contributed by atoms with Crippen molar-refractivity contribution in [3.05, 3.63) is 25.1 Å². The van der Waals surface area contributed by atoms with Crippen molar-refractivity contribution in [3.63, 3.8) is 0 Å². The van der Waals surface area contributed by atoms with E-state index in [1.807, 2.05) is 0 Å². The van der Waals surface area contributed by atoms with E-state index in [-0.39, 0.29) is 5.89 Å². The van der Waals surface area contributed by atoms with Crippen molar-refractivity contribution in [2.45, 2.75) is 0 Å². The van der Waals surface area contributed by atoms with Gasteiger partial charge in [0.1, 0.15) is 0 Å². The molecule has 0 spiro atoms. The summed E-state index contributed by atoms with van der Waals surface area (Å²) in [7, 11) is 0. The van der Waals surface area contributed by atoms with E-state index in [0.717, 1.165) is 3.79 Å². The standard InChI is InChI=1S/C9H3Br2NO5S/c10-3-1-2(6(11)18-3)7-12-4(8(13)14)5(17-7)9(15)16/h1H,(H,13,14)(H,15,16). The van der Waals surface area contributed by atoms with Crippen LogP contribution in [0.4, 0.5) is 0 Å². The van der Waals surface area contributed by atoms with Gasteiger partial charge in [-0.2, -0.15) is 0 Å². The number of nitrogens with zero attached hydrogens (tertiary/aromatic N) is 1. The molecule has 9 heteroatoms. The maximum Gasteiger partial charge on any atom is 0.374 e. The summed E-state index contributed by atoms with van der Waals surface area (Å²) in [5.41, 5.74) is -0.131. The number of carboxylic acids is 2. The SMILES string of the molecule is O=C(O)c1nc(-c2cc(Br)sc2Br)oc1C(=O)O. The molecule has 0 aliphatic carbocycles. The van der Waals surface area contributed by atoms with Crippen LogP contribution < -0.4 is 0 Å².